The van der Waals surface area contributed by atoms with E-state index < -0.39 is 41.6 Å². The number of carbonyl (C=O) groups excluding carboxylic acids is 1. The Balaban J connectivity index is 1.50. The molecule has 1 aliphatic rings. The van der Waals surface area contributed by atoms with Crippen LogP contribution in [0.2, 0.25) is 0 Å². The van der Waals surface area contributed by atoms with Crippen LogP contribution >= 0.6 is 23.1 Å². The molecule has 0 atom stereocenters. The molecule has 1 aromatic heterocycles. The molecule has 2 aromatic carbocycles. The molecular weight excluding hydrogens is 604 g/mol. The number of alkyl halides is 6. The lowest BCUT2D eigenvalue weighted by Gasteiger charge is -2.21. The van der Waals surface area contributed by atoms with Gasteiger partial charge < -0.3 is 14.4 Å². The Kier molecular flexibility index (Phi) is 9.53. The summed E-state index contributed by atoms with van der Waals surface area (Å²) < 4.78 is 90.2. The third-order valence-electron chi connectivity index (χ3n) is 5.91. The summed E-state index contributed by atoms with van der Waals surface area (Å²) in [5.74, 6) is -0.284. The highest BCUT2D eigenvalue weighted by molar-refractivity contribution is 8.18. The van der Waals surface area contributed by atoms with E-state index in [9.17, 15) is 31.1 Å². The van der Waals surface area contributed by atoms with Crippen LogP contribution in [-0.4, -0.2) is 29.6 Å². The molecule has 1 amide bonds. The summed E-state index contributed by atoms with van der Waals surface area (Å²) in [6.07, 6.45) is -8.15. The molecule has 220 valence electrons. The van der Waals surface area contributed by atoms with Gasteiger partial charge in [0.15, 0.2) is 16.7 Å². The van der Waals surface area contributed by atoms with Gasteiger partial charge in [-0.1, -0.05) is 18.2 Å². The maximum absolute atomic E-state index is 13.5. The second-order valence-electron chi connectivity index (χ2n) is 8.79. The molecule has 0 radical (unpaired) electrons. The topological polar surface area (TPSA) is 74.9 Å². The van der Waals surface area contributed by atoms with Gasteiger partial charge >= 0.3 is 12.4 Å². The fourth-order valence-electron chi connectivity index (χ4n) is 3.89. The lowest BCUT2D eigenvalue weighted by Crippen LogP contribution is -2.28. The molecular formula is C28H21F6N3O3S2. The predicted molar refractivity (Wildman–Crippen MR) is 147 cm³/mol. The molecule has 0 fully saturated rings. The highest BCUT2D eigenvalue weighted by Crippen LogP contribution is 2.39. The largest absolute Gasteiger partial charge is 0.493 e. The summed E-state index contributed by atoms with van der Waals surface area (Å²) >= 11 is 2.69. The molecule has 14 heteroatoms. The van der Waals surface area contributed by atoms with E-state index in [1.165, 1.54) is 19.2 Å². The molecule has 2 heterocycles. The number of thiophene rings is 1. The van der Waals surface area contributed by atoms with Crippen molar-refractivity contribution < 1.29 is 40.6 Å². The molecule has 0 N–H and O–H groups in total. The van der Waals surface area contributed by atoms with Crippen LogP contribution in [0, 0.1) is 11.3 Å². The van der Waals surface area contributed by atoms with Crippen LogP contribution in [0.3, 0.4) is 0 Å². The number of amides is 1. The molecule has 4 rings (SSSR count). The Labute approximate surface area is 244 Å². The summed E-state index contributed by atoms with van der Waals surface area (Å²) in [5.41, 5.74) is -2.84. The average Bonchev–Trinajstić information content (AvgIpc) is 3.58. The van der Waals surface area contributed by atoms with Gasteiger partial charge in [-0.2, -0.15) is 36.6 Å². The quantitative estimate of drug-likeness (QED) is 0.179. The minimum Gasteiger partial charge on any atom is -0.493 e. The van der Waals surface area contributed by atoms with Crippen LogP contribution in [0.4, 0.5) is 26.3 Å². The second kappa shape index (κ2) is 12.9. The highest BCUT2D eigenvalue weighted by atomic mass is 32.2. The number of thioether (sulfide) groups is 1. The van der Waals surface area contributed by atoms with Gasteiger partial charge in [-0.05, 0) is 59.1 Å². The van der Waals surface area contributed by atoms with E-state index in [-0.39, 0.29) is 24.0 Å². The monoisotopic (exact) mass is 625 g/mol. The van der Waals surface area contributed by atoms with Crippen molar-refractivity contribution in [3.05, 3.63) is 85.9 Å². The average molecular weight is 626 g/mol. The molecule has 0 bridgehead atoms. The van der Waals surface area contributed by atoms with Crippen molar-refractivity contribution in [1.29, 1.82) is 5.26 Å². The molecule has 42 heavy (non-hydrogen) atoms. The first-order valence-electron chi connectivity index (χ1n) is 12.1. The van der Waals surface area contributed by atoms with E-state index in [4.69, 9.17) is 14.7 Å². The number of benzene rings is 2. The molecule has 0 saturated heterocycles. The van der Waals surface area contributed by atoms with Gasteiger partial charge in [-0.25, -0.2) is 0 Å². The summed E-state index contributed by atoms with van der Waals surface area (Å²) in [7, 11) is 1.31. The molecule has 0 aliphatic carbocycles. The minimum atomic E-state index is -5.03. The van der Waals surface area contributed by atoms with E-state index in [0.717, 1.165) is 22.7 Å². The van der Waals surface area contributed by atoms with E-state index in [2.05, 4.69) is 11.1 Å². The van der Waals surface area contributed by atoms with Crippen LogP contribution in [0.25, 0.3) is 6.08 Å². The van der Waals surface area contributed by atoms with Crippen LogP contribution < -0.4 is 9.47 Å². The normalized spacial score (nSPS) is 14.6. The summed E-state index contributed by atoms with van der Waals surface area (Å²) in [6.45, 7) is 0.203. The fourth-order valence-corrected chi connectivity index (χ4v) is 5.55. The molecule has 0 unspecified atom stereocenters. The number of carbonyl (C=O) groups is 1. The minimum absolute atomic E-state index is 0.0497. The van der Waals surface area contributed by atoms with E-state index >= 15 is 0 Å². The van der Waals surface area contributed by atoms with Crippen molar-refractivity contribution in [2.24, 2.45) is 4.99 Å². The van der Waals surface area contributed by atoms with Gasteiger partial charge in [-0.15, -0.1) is 11.3 Å². The van der Waals surface area contributed by atoms with Crippen LogP contribution in [-0.2, 0) is 30.3 Å². The van der Waals surface area contributed by atoms with E-state index in [1.54, 1.807) is 23.5 Å². The number of ether oxygens (including phenoxy) is 2. The number of hydrogen-bond acceptors (Lipinski definition) is 7. The Morgan fingerprint density at radius 2 is 1.83 bits per heavy atom. The van der Waals surface area contributed by atoms with Gasteiger partial charge in [0, 0.05) is 17.0 Å². The molecule has 0 spiro atoms. The summed E-state index contributed by atoms with van der Waals surface area (Å²) in [4.78, 5) is 20.0. The van der Waals surface area contributed by atoms with Crippen molar-refractivity contribution in [2.45, 2.75) is 31.9 Å². The number of hydrogen-bond donors (Lipinski definition) is 0. The third kappa shape index (κ3) is 7.65. The zero-order valence-electron chi connectivity index (χ0n) is 21.8. The maximum Gasteiger partial charge on any atom is 0.416 e. The SMILES string of the molecule is COc1cc(/C=C2/SC(N(CCC#N)Cc3cccs3)=NC2=O)ccc1OCc1ccc(C(F)(F)F)cc1C(F)(F)F. The Hall–Kier alpha value is -3.96. The summed E-state index contributed by atoms with van der Waals surface area (Å²) in [6, 6.07) is 11.8. The van der Waals surface area contributed by atoms with Crippen molar-refractivity contribution in [2.75, 3.05) is 13.7 Å². The summed E-state index contributed by atoms with van der Waals surface area (Å²) in [5, 5.41) is 11.4. The predicted octanol–water partition coefficient (Wildman–Crippen LogP) is 7.76. The van der Waals surface area contributed by atoms with Gasteiger partial charge in [0.1, 0.15) is 6.61 Å². The zero-order chi connectivity index (χ0) is 30.5. The molecule has 1 aliphatic heterocycles. The smallest absolute Gasteiger partial charge is 0.416 e. The fraction of sp³-hybridized carbons (Fsp3) is 0.250. The van der Waals surface area contributed by atoms with Gasteiger partial charge in [0.2, 0.25) is 0 Å². The first-order chi connectivity index (χ1) is 19.9. The Bertz CT molecular complexity index is 1540. The van der Waals surface area contributed by atoms with Gasteiger partial charge in [-0.3, -0.25) is 4.79 Å². The number of nitrogens with zero attached hydrogens (tertiary/aromatic N) is 3. The van der Waals surface area contributed by atoms with Crippen LogP contribution in [0.15, 0.2) is 63.8 Å². The number of methoxy groups -OCH3 is 1. The molecule has 0 saturated carbocycles. The van der Waals surface area contributed by atoms with Crippen molar-refractivity contribution in [3.8, 4) is 17.6 Å². The standard InChI is InChI=1S/C28H21F6N3O3S2/c1-39-23-12-17(13-24-25(38)36-26(42-24)37(10-3-9-35)15-20-4-2-11-41-20)5-8-22(23)40-16-18-6-7-19(27(29,30)31)14-21(18)28(32,33)34/h2,4-8,11-14H,3,10,15-16H2,1H3/b24-13+. The maximum atomic E-state index is 13.5. The Morgan fingerprint density at radius 3 is 2.48 bits per heavy atom. The Morgan fingerprint density at radius 1 is 1.05 bits per heavy atom. The van der Waals surface area contributed by atoms with E-state index in [1.807, 2.05) is 22.4 Å². The van der Waals surface area contributed by atoms with Crippen molar-refractivity contribution in [3.63, 3.8) is 0 Å². The molecule has 6 nitrogen and oxygen atoms in total. The lowest BCUT2D eigenvalue weighted by molar-refractivity contribution is -0.143. The highest BCUT2D eigenvalue weighted by Gasteiger charge is 2.38. The first kappa shape index (κ1) is 31.0. The van der Waals surface area contributed by atoms with Gasteiger partial charge in [0.05, 0.1) is 42.2 Å². The molecule has 3 aromatic rings. The van der Waals surface area contributed by atoms with E-state index in [0.29, 0.717) is 34.8 Å². The van der Waals surface area contributed by atoms with Crippen LogP contribution in [0.1, 0.15) is 33.6 Å². The number of nitriles is 1. The van der Waals surface area contributed by atoms with Crippen molar-refractivity contribution >= 4 is 40.2 Å². The number of aliphatic imine (C=N–C) groups is 1. The van der Waals surface area contributed by atoms with Gasteiger partial charge in [0.25, 0.3) is 5.91 Å². The van der Waals surface area contributed by atoms with Crippen molar-refractivity contribution in [1.82, 2.24) is 4.90 Å². The number of rotatable bonds is 9. The van der Waals surface area contributed by atoms with Crippen LogP contribution in [0.5, 0.6) is 11.5 Å². The lowest BCUT2D eigenvalue weighted by atomic mass is 10.0. The number of amidine groups is 1. The second-order valence-corrected chi connectivity index (χ2v) is 10.8. The number of halogens is 6. The zero-order valence-corrected chi connectivity index (χ0v) is 23.4. The first-order valence-corrected chi connectivity index (χ1v) is 13.8. The third-order valence-corrected chi connectivity index (χ3v) is 7.82.